The van der Waals surface area contributed by atoms with Crippen LogP contribution in [-0.4, -0.2) is 5.91 Å². The van der Waals surface area contributed by atoms with Crippen molar-refractivity contribution in [2.24, 2.45) is 5.73 Å². The molecule has 0 atom stereocenters. The van der Waals surface area contributed by atoms with Crippen LogP contribution in [0, 0.1) is 13.8 Å². The average molecular weight is 283 g/mol. The first-order chi connectivity index (χ1) is 10.0. The van der Waals surface area contributed by atoms with E-state index in [1.54, 1.807) is 0 Å². The Morgan fingerprint density at radius 2 is 1.86 bits per heavy atom. The molecule has 2 aromatic carbocycles. The Morgan fingerprint density at radius 1 is 1.19 bits per heavy atom. The molecule has 3 heteroatoms. The molecule has 21 heavy (non-hydrogen) atoms. The van der Waals surface area contributed by atoms with Gasteiger partial charge in [0.15, 0.2) is 0 Å². The number of ether oxygens (including phenoxy) is 1. The maximum Gasteiger partial charge on any atom is 0.249 e. The van der Waals surface area contributed by atoms with Gasteiger partial charge in [0, 0.05) is 5.56 Å². The van der Waals surface area contributed by atoms with E-state index in [0.29, 0.717) is 5.56 Å². The number of primary amides is 1. The lowest BCUT2D eigenvalue weighted by Gasteiger charge is -2.18. The summed E-state index contributed by atoms with van der Waals surface area (Å²) in [4.78, 5) is 11.7. The molecule has 0 radical (unpaired) electrons. The molecule has 1 amide bonds. The lowest BCUT2D eigenvalue weighted by atomic mass is 9.94. The van der Waals surface area contributed by atoms with E-state index in [0.717, 1.165) is 41.0 Å². The summed E-state index contributed by atoms with van der Waals surface area (Å²) in [5.74, 6) is 1.23. The van der Waals surface area contributed by atoms with Crippen LogP contribution in [0.1, 0.15) is 40.4 Å². The highest BCUT2D eigenvalue weighted by Gasteiger charge is 2.17. The van der Waals surface area contributed by atoms with Gasteiger partial charge in [-0.1, -0.05) is 31.5 Å². The number of hydrogen-bond donors (Lipinski definition) is 1. The molecule has 0 unspecified atom stereocenters. The number of carbonyl (C=O) groups excluding carboxylic acids is 1. The van der Waals surface area contributed by atoms with Gasteiger partial charge in [-0.15, -0.1) is 0 Å². The van der Waals surface area contributed by atoms with E-state index in [1.165, 1.54) is 0 Å². The second kappa shape index (κ2) is 6.44. The minimum atomic E-state index is -0.379. The van der Waals surface area contributed by atoms with Gasteiger partial charge in [-0.25, -0.2) is 0 Å². The Morgan fingerprint density at radius 3 is 2.43 bits per heavy atom. The summed E-state index contributed by atoms with van der Waals surface area (Å²) in [6.07, 6.45) is 1.77. The van der Waals surface area contributed by atoms with Crippen molar-refractivity contribution in [2.45, 2.75) is 33.6 Å². The molecule has 0 saturated carbocycles. The molecular weight excluding hydrogens is 262 g/mol. The zero-order chi connectivity index (χ0) is 15.4. The molecule has 0 fully saturated rings. The number of amides is 1. The molecule has 3 nitrogen and oxygen atoms in total. The van der Waals surface area contributed by atoms with Crippen LogP contribution in [0.15, 0.2) is 36.4 Å². The normalized spacial score (nSPS) is 10.4. The minimum absolute atomic E-state index is 0.379. The van der Waals surface area contributed by atoms with Gasteiger partial charge in [-0.2, -0.15) is 0 Å². The third kappa shape index (κ3) is 3.24. The van der Waals surface area contributed by atoms with Gasteiger partial charge in [-0.3, -0.25) is 4.79 Å². The molecule has 0 aliphatic carbocycles. The van der Waals surface area contributed by atoms with E-state index in [4.69, 9.17) is 10.5 Å². The van der Waals surface area contributed by atoms with Crippen molar-refractivity contribution in [1.29, 1.82) is 0 Å². The van der Waals surface area contributed by atoms with Gasteiger partial charge >= 0.3 is 0 Å². The van der Waals surface area contributed by atoms with Crippen molar-refractivity contribution in [3.63, 3.8) is 0 Å². The summed E-state index contributed by atoms with van der Waals surface area (Å²) in [6.45, 7) is 6.01. The summed E-state index contributed by atoms with van der Waals surface area (Å²) in [5.41, 5.74) is 9.01. The van der Waals surface area contributed by atoms with E-state index < -0.39 is 0 Å². The SMILES string of the molecule is CCCc1c(C(N)=O)cc(C)c(Oc2ccccc2)c1C. The van der Waals surface area contributed by atoms with E-state index in [1.807, 2.05) is 50.2 Å². The van der Waals surface area contributed by atoms with E-state index in [-0.39, 0.29) is 5.91 Å². The molecule has 0 aliphatic rings. The molecule has 0 bridgehead atoms. The Hall–Kier alpha value is -2.29. The highest BCUT2D eigenvalue weighted by atomic mass is 16.5. The molecule has 0 saturated heterocycles. The molecule has 0 aliphatic heterocycles. The Labute approximate surface area is 125 Å². The van der Waals surface area contributed by atoms with Gasteiger partial charge < -0.3 is 10.5 Å². The van der Waals surface area contributed by atoms with Crippen molar-refractivity contribution in [2.75, 3.05) is 0 Å². The maximum atomic E-state index is 11.7. The van der Waals surface area contributed by atoms with Gasteiger partial charge in [-0.05, 0) is 55.2 Å². The van der Waals surface area contributed by atoms with Crippen LogP contribution in [0.3, 0.4) is 0 Å². The summed E-state index contributed by atoms with van der Waals surface area (Å²) >= 11 is 0. The molecule has 0 spiro atoms. The second-order valence-corrected chi connectivity index (χ2v) is 5.20. The number of para-hydroxylation sites is 1. The van der Waals surface area contributed by atoms with Gasteiger partial charge in [0.05, 0.1) is 0 Å². The Balaban J connectivity index is 2.51. The lowest BCUT2D eigenvalue weighted by molar-refractivity contribution is 0.0999. The van der Waals surface area contributed by atoms with Crippen LogP contribution < -0.4 is 10.5 Å². The summed E-state index contributed by atoms with van der Waals surface area (Å²) in [5, 5.41) is 0. The molecule has 0 aromatic heterocycles. The van der Waals surface area contributed by atoms with E-state index in [2.05, 4.69) is 6.92 Å². The van der Waals surface area contributed by atoms with Crippen molar-refractivity contribution >= 4 is 5.91 Å². The first kappa shape index (κ1) is 15.1. The first-order valence-electron chi connectivity index (χ1n) is 7.20. The third-order valence-electron chi connectivity index (χ3n) is 3.57. The predicted molar refractivity (Wildman–Crippen MR) is 84.9 cm³/mol. The van der Waals surface area contributed by atoms with Crippen LogP contribution in [0.2, 0.25) is 0 Å². The molecule has 0 heterocycles. The summed E-state index contributed by atoms with van der Waals surface area (Å²) in [6, 6.07) is 11.5. The number of hydrogen-bond acceptors (Lipinski definition) is 2. The monoisotopic (exact) mass is 283 g/mol. The van der Waals surface area contributed by atoms with Crippen molar-refractivity contribution in [3.8, 4) is 11.5 Å². The lowest BCUT2D eigenvalue weighted by Crippen LogP contribution is -2.15. The zero-order valence-corrected chi connectivity index (χ0v) is 12.8. The average Bonchev–Trinajstić information content (AvgIpc) is 2.47. The van der Waals surface area contributed by atoms with Crippen LogP contribution >= 0.6 is 0 Å². The fourth-order valence-electron chi connectivity index (χ4n) is 2.56. The topological polar surface area (TPSA) is 52.3 Å². The third-order valence-corrected chi connectivity index (χ3v) is 3.57. The zero-order valence-electron chi connectivity index (χ0n) is 12.8. The van der Waals surface area contributed by atoms with Crippen LogP contribution in [-0.2, 0) is 6.42 Å². The largest absolute Gasteiger partial charge is 0.457 e. The van der Waals surface area contributed by atoms with Gasteiger partial charge in [0.2, 0.25) is 5.91 Å². The van der Waals surface area contributed by atoms with Crippen molar-refractivity contribution in [1.82, 2.24) is 0 Å². The van der Waals surface area contributed by atoms with Gasteiger partial charge in [0.25, 0.3) is 0 Å². The molecule has 2 aromatic rings. The number of rotatable bonds is 5. The number of benzene rings is 2. The maximum absolute atomic E-state index is 11.7. The quantitative estimate of drug-likeness (QED) is 0.896. The van der Waals surface area contributed by atoms with Crippen molar-refractivity contribution < 1.29 is 9.53 Å². The smallest absolute Gasteiger partial charge is 0.249 e. The fraction of sp³-hybridized carbons (Fsp3) is 0.278. The highest BCUT2D eigenvalue weighted by Crippen LogP contribution is 2.33. The molecule has 2 N–H and O–H groups in total. The number of carbonyl (C=O) groups is 1. The number of nitrogens with two attached hydrogens (primary N) is 1. The van der Waals surface area contributed by atoms with Crippen LogP contribution in [0.4, 0.5) is 0 Å². The molecule has 110 valence electrons. The predicted octanol–water partition coefficient (Wildman–Crippen LogP) is 4.15. The van der Waals surface area contributed by atoms with E-state index in [9.17, 15) is 4.79 Å². The van der Waals surface area contributed by atoms with Crippen LogP contribution in [0.5, 0.6) is 11.5 Å². The highest BCUT2D eigenvalue weighted by molar-refractivity contribution is 5.95. The first-order valence-corrected chi connectivity index (χ1v) is 7.20. The fourth-order valence-corrected chi connectivity index (χ4v) is 2.56. The second-order valence-electron chi connectivity index (χ2n) is 5.20. The minimum Gasteiger partial charge on any atom is -0.457 e. The van der Waals surface area contributed by atoms with Crippen LogP contribution in [0.25, 0.3) is 0 Å². The molecule has 2 rings (SSSR count). The number of aryl methyl sites for hydroxylation is 1. The Bertz CT molecular complexity index is 648. The standard InChI is InChI=1S/C18H21NO2/c1-4-8-15-13(3)17(12(2)11-16(15)18(19)20)21-14-9-6-5-7-10-14/h5-7,9-11H,4,8H2,1-3H3,(H2,19,20). The summed E-state index contributed by atoms with van der Waals surface area (Å²) < 4.78 is 6.01. The summed E-state index contributed by atoms with van der Waals surface area (Å²) in [7, 11) is 0. The Kier molecular flexibility index (Phi) is 4.63. The molecular formula is C18H21NO2. The van der Waals surface area contributed by atoms with E-state index >= 15 is 0 Å². The van der Waals surface area contributed by atoms with Crippen molar-refractivity contribution in [3.05, 3.63) is 58.7 Å². The van der Waals surface area contributed by atoms with Gasteiger partial charge in [0.1, 0.15) is 11.5 Å².